The van der Waals surface area contributed by atoms with Crippen LogP contribution >= 0.6 is 0 Å². The SMILES string of the molecule is C1=C(c2cccc(-c3ccc4c5c(c(-c6ccccc6)nc4c3)=CC3c4ccccc4C4(c6ccccc6Oc6ccccc64)C3C=5)c2)CC2C(=C1)c1ccccc1-c1ccccc12. The average molecular weight is 816 g/mol. The van der Waals surface area contributed by atoms with E-state index in [1.54, 1.807) is 0 Å². The molecular formula is C62H41NO. The molecule has 14 rings (SSSR count). The summed E-state index contributed by atoms with van der Waals surface area (Å²) >= 11 is 0. The number of ether oxygens (including phenoxy) is 1. The number of nitrogens with zero attached hydrogens (tertiary/aromatic N) is 1. The van der Waals surface area contributed by atoms with E-state index in [9.17, 15) is 0 Å². The van der Waals surface area contributed by atoms with Crippen molar-refractivity contribution in [2.45, 2.75) is 23.7 Å². The summed E-state index contributed by atoms with van der Waals surface area (Å²) in [5, 5.41) is 3.63. The smallest absolute Gasteiger partial charge is 0.131 e. The molecule has 64 heavy (non-hydrogen) atoms. The van der Waals surface area contributed by atoms with E-state index in [-0.39, 0.29) is 11.8 Å². The first-order valence-corrected chi connectivity index (χ1v) is 22.6. The Labute approximate surface area is 372 Å². The van der Waals surface area contributed by atoms with Crippen molar-refractivity contribution in [1.82, 2.24) is 4.98 Å². The molecule has 8 aromatic carbocycles. The van der Waals surface area contributed by atoms with Gasteiger partial charge in [-0.3, -0.25) is 0 Å². The second kappa shape index (κ2) is 13.6. The van der Waals surface area contributed by atoms with Gasteiger partial charge in [-0.15, -0.1) is 0 Å². The molecule has 5 aliphatic rings. The summed E-state index contributed by atoms with van der Waals surface area (Å²) in [4.78, 5) is 5.60. The molecule has 3 unspecified atom stereocenters. The largest absolute Gasteiger partial charge is 0.457 e. The van der Waals surface area contributed by atoms with Gasteiger partial charge >= 0.3 is 0 Å². The predicted molar refractivity (Wildman–Crippen MR) is 261 cm³/mol. The second-order valence-corrected chi connectivity index (χ2v) is 18.0. The van der Waals surface area contributed by atoms with E-state index in [1.807, 2.05) is 0 Å². The molecule has 0 amide bonds. The molecule has 0 radical (unpaired) electrons. The van der Waals surface area contributed by atoms with E-state index >= 15 is 0 Å². The lowest BCUT2D eigenvalue weighted by Crippen LogP contribution is -2.42. The van der Waals surface area contributed by atoms with Gasteiger partial charge in [0, 0.05) is 45.0 Å². The van der Waals surface area contributed by atoms with Crippen molar-refractivity contribution in [3.63, 3.8) is 0 Å². The Morgan fingerprint density at radius 2 is 1.11 bits per heavy atom. The number of hydrogen-bond acceptors (Lipinski definition) is 2. The lowest BCUT2D eigenvalue weighted by atomic mass is 9.61. The van der Waals surface area contributed by atoms with Crippen molar-refractivity contribution in [3.05, 3.63) is 256 Å². The number of para-hydroxylation sites is 2. The molecule has 0 bridgehead atoms. The van der Waals surface area contributed by atoms with E-state index in [1.165, 1.54) is 88.2 Å². The van der Waals surface area contributed by atoms with Crippen molar-refractivity contribution in [2.75, 3.05) is 0 Å². The van der Waals surface area contributed by atoms with E-state index < -0.39 is 5.41 Å². The number of fused-ring (bicyclic) bond motifs is 18. The van der Waals surface area contributed by atoms with Gasteiger partial charge in [0.1, 0.15) is 11.5 Å². The van der Waals surface area contributed by atoms with E-state index in [0.717, 1.165) is 34.7 Å². The van der Waals surface area contributed by atoms with Gasteiger partial charge in [0.25, 0.3) is 0 Å². The summed E-state index contributed by atoms with van der Waals surface area (Å²) in [5.74, 6) is 2.44. The number of pyridine rings is 1. The van der Waals surface area contributed by atoms with Crippen LogP contribution in [0, 0.1) is 5.92 Å². The molecule has 2 heteroatoms. The van der Waals surface area contributed by atoms with Crippen molar-refractivity contribution in [1.29, 1.82) is 0 Å². The Kier molecular flexibility index (Phi) is 7.59. The quantitative estimate of drug-likeness (QED) is 0.177. The first-order chi connectivity index (χ1) is 31.7. The molecular weight excluding hydrogens is 775 g/mol. The van der Waals surface area contributed by atoms with Crippen molar-refractivity contribution < 1.29 is 4.74 Å². The third kappa shape index (κ3) is 5.00. The molecule has 4 aliphatic carbocycles. The highest BCUT2D eigenvalue weighted by atomic mass is 16.5. The summed E-state index contributed by atoms with van der Waals surface area (Å²) in [6.07, 6.45) is 10.9. The van der Waals surface area contributed by atoms with Gasteiger partial charge in [-0.2, -0.15) is 0 Å². The lowest BCUT2D eigenvalue weighted by molar-refractivity contribution is 0.386. The zero-order chi connectivity index (χ0) is 41.9. The number of allylic oxidation sites excluding steroid dienone is 4. The highest BCUT2D eigenvalue weighted by molar-refractivity contribution is 5.95. The lowest BCUT2D eigenvalue weighted by Gasteiger charge is -2.43. The van der Waals surface area contributed by atoms with Gasteiger partial charge in [0.05, 0.1) is 16.6 Å². The predicted octanol–water partition coefficient (Wildman–Crippen LogP) is 13.6. The van der Waals surface area contributed by atoms with Crippen LogP contribution in [0.4, 0.5) is 0 Å². The Morgan fingerprint density at radius 3 is 1.92 bits per heavy atom. The van der Waals surface area contributed by atoms with Crippen LogP contribution in [0.5, 0.6) is 11.5 Å². The summed E-state index contributed by atoms with van der Waals surface area (Å²) in [7, 11) is 0. The van der Waals surface area contributed by atoms with Crippen molar-refractivity contribution >= 4 is 34.2 Å². The van der Waals surface area contributed by atoms with E-state index in [4.69, 9.17) is 9.72 Å². The summed E-state index contributed by atoms with van der Waals surface area (Å²) in [6.45, 7) is 0. The van der Waals surface area contributed by atoms with Gasteiger partial charge in [-0.05, 0) is 97.1 Å². The van der Waals surface area contributed by atoms with Gasteiger partial charge in [-0.1, -0.05) is 194 Å². The maximum absolute atomic E-state index is 6.69. The second-order valence-electron chi connectivity index (χ2n) is 18.0. The minimum Gasteiger partial charge on any atom is -0.457 e. The minimum absolute atomic E-state index is 0.108. The molecule has 1 spiro atoms. The van der Waals surface area contributed by atoms with Gasteiger partial charge < -0.3 is 4.74 Å². The maximum Gasteiger partial charge on any atom is 0.131 e. The molecule has 1 aliphatic heterocycles. The summed E-state index contributed by atoms with van der Waals surface area (Å²) in [6, 6.07) is 71.3. The zero-order valence-corrected chi connectivity index (χ0v) is 35.1. The fraction of sp³-hybridized carbons (Fsp3) is 0.0806. The van der Waals surface area contributed by atoms with Gasteiger partial charge in [-0.25, -0.2) is 4.98 Å². The fourth-order valence-corrected chi connectivity index (χ4v) is 12.3. The van der Waals surface area contributed by atoms with Crippen LogP contribution in [0.1, 0.15) is 57.2 Å². The molecule has 2 heterocycles. The minimum atomic E-state index is -0.434. The van der Waals surface area contributed by atoms with Crippen LogP contribution in [0.25, 0.3) is 67.7 Å². The Hall–Kier alpha value is -7.81. The van der Waals surface area contributed by atoms with Gasteiger partial charge in [0.2, 0.25) is 0 Å². The van der Waals surface area contributed by atoms with Crippen LogP contribution in [0.15, 0.2) is 206 Å². The Bertz CT molecular complexity index is 3600. The molecule has 1 aromatic heterocycles. The molecule has 0 fully saturated rings. The maximum atomic E-state index is 6.69. The normalized spacial score (nSPS) is 18.8. The highest BCUT2D eigenvalue weighted by Gasteiger charge is 2.56. The van der Waals surface area contributed by atoms with E-state index in [0.29, 0.717) is 5.92 Å². The fourth-order valence-electron chi connectivity index (χ4n) is 12.3. The van der Waals surface area contributed by atoms with Gasteiger partial charge in [0.15, 0.2) is 0 Å². The zero-order valence-electron chi connectivity index (χ0n) is 35.1. The molecule has 0 saturated heterocycles. The molecule has 0 saturated carbocycles. The molecule has 300 valence electrons. The van der Waals surface area contributed by atoms with Crippen LogP contribution < -0.4 is 15.2 Å². The van der Waals surface area contributed by atoms with E-state index in [2.05, 4.69) is 218 Å². The monoisotopic (exact) mass is 815 g/mol. The molecule has 9 aromatic rings. The topological polar surface area (TPSA) is 22.1 Å². The van der Waals surface area contributed by atoms with Crippen molar-refractivity contribution in [2.24, 2.45) is 5.92 Å². The number of hydrogen-bond donors (Lipinski definition) is 0. The third-order valence-corrected chi connectivity index (χ3v) is 15.0. The summed E-state index contributed by atoms with van der Waals surface area (Å²) in [5.41, 5.74) is 19.8. The molecule has 2 nitrogen and oxygen atoms in total. The standard InChI is InChI=1S/C62H41NO/c1-2-15-38(16-3-1)61-53-36-52-48-23-8-9-24-54(48)62(55-25-10-12-27-59(55)64-60-28-13-11-26-56(60)62)57(52)37-51(53)49-32-30-42(35-58(49)63-61)40-18-14-17-39(33-40)41-29-31-47-45-21-5-4-19-43(45)44-20-6-7-22-46(44)50(47)34-41/h1-33,35-37,50,52,57H,34H2. The van der Waals surface area contributed by atoms with Crippen LogP contribution in [0.2, 0.25) is 0 Å². The molecule has 0 N–H and O–H groups in total. The van der Waals surface area contributed by atoms with Crippen LogP contribution in [-0.4, -0.2) is 4.98 Å². The van der Waals surface area contributed by atoms with Crippen molar-refractivity contribution in [3.8, 4) is 45.0 Å². The third-order valence-electron chi connectivity index (χ3n) is 15.0. The van der Waals surface area contributed by atoms with Crippen LogP contribution in [-0.2, 0) is 5.41 Å². The summed E-state index contributed by atoms with van der Waals surface area (Å²) < 4.78 is 6.69. The Balaban J connectivity index is 0.938. The van der Waals surface area contributed by atoms with Crippen LogP contribution in [0.3, 0.4) is 0 Å². The number of aromatic nitrogens is 1. The highest BCUT2D eigenvalue weighted by Crippen LogP contribution is 2.64. The molecule has 3 atom stereocenters. The Morgan fingerprint density at radius 1 is 0.469 bits per heavy atom. The number of benzene rings is 8. The first-order valence-electron chi connectivity index (χ1n) is 22.6. The first kappa shape index (κ1) is 35.8. The number of rotatable bonds is 3. The average Bonchev–Trinajstić information content (AvgIpc) is 3.65.